The van der Waals surface area contributed by atoms with E-state index in [1.807, 2.05) is 7.05 Å². The van der Waals surface area contributed by atoms with Gasteiger partial charge in [0.1, 0.15) is 0 Å². The van der Waals surface area contributed by atoms with Crippen molar-refractivity contribution in [2.75, 3.05) is 26.8 Å². The number of hydrogen-bond donors (Lipinski definition) is 0. The molecule has 10 heavy (non-hydrogen) atoms. The van der Waals surface area contributed by atoms with Crippen LogP contribution in [0.15, 0.2) is 12.7 Å². The molecule has 0 aliphatic carbocycles. The third-order valence-electron chi connectivity index (χ3n) is 1.65. The highest BCUT2D eigenvalue weighted by Crippen LogP contribution is 2.01. The molecule has 56 valence electrons. The minimum atomic E-state index is 0.0318. The summed E-state index contributed by atoms with van der Waals surface area (Å²) in [5.41, 5.74) is 0. The van der Waals surface area contributed by atoms with E-state index in [2.05, 4.69) is 11.5 Å². The van der Waals surface area contributed by atoms with Gasteiger partial charge >= 0.3 is 0 Å². The number of carbonyl (C=O) groups excluding carboxylic acids is 1. The lowest BCUT2D eigenvalue weighted by Gasteiger charge is -2.12. The predicted molar refractivity (Wildman–Crippen MR) is 39.4 cm³/mol. The number of hydrogen-bond acceptors (Lipinski definition) is 2. The molecule has 0 aromatic rings. The van der Waals surface area contributed by atoms with Gasteiger partial charge in [-0.25, -0.2) is 0 Å². The quantitative estimate of drug-likeness (QED) is 0.475. The van der Waals surface area contributed by atoms with E-state index in [1.54, 1.807) is 4.90 Å². The van der Waals surface area contributed by atoms with Crippen LogP contribution in [0.5, 0.6) is 0 Å². The van der Waals surface area contributed by atoms with Crippen LogP contribution in [0.1, 0.15) is 0 Å². The molecule has 0 bridgehead atoms. The van der Waals surface area contributed by atoms with E-state index in [9.17, 15) is 4.79 Å². The Kier molecular flexibility index (Phi) is 2.06. The number of nitrogens with zero attached hydrogens (tertiary/aromatic N) is 2. The molecule has 1 amide bonds. The monoisotopic (exact) mass is 140 g/mol. The minimum absolute atomic E-state index is 0.0318. The van der Waals surface area contributed by atoms with Gasteiger partial charge in [-0.05, 0) is 13.1 Å². The smallest absolute Gasteiger partial charge is 0.247 e. The largest absolute Gasteiger partial charge is 0.325 e. The average molecular weight is 140 g/mol. The molecule has 0 atom stereocenters. The van der Waals surface area contributed by atoms with Crippen LogP contribution in [-0.2, 0) is 4.79 Å². The molecule has 0 aromatic carbocycles. The van der Waals surface area contributed by atoms with Crippen LogP contribution in [-0.4, -0.2) is 42.5 Å². The maximum atomic E-state index is 10.9. The fourth-order valence-electron chi connectivity index (χ4n) is 1.03. The summed E-state index contributed by atoms with van der Waals surface area (Å²) in [5, 5.41) is 0. The summed E-state index contributed by atoms with van der Waals surface area (Å²) in [4.78, 5) is 14.8. The van der Waals surface area contributed by atoms with Gasteiger partial charge < -0.3 is 4.90 Å². The SMILES string of the molecule is C=CC(=O)N1CCN(C)C1. The Hall–Kier alpha value is -0.830. The van der Waals surface area contributed by atoms with Gasteiger partial charge in [0.05, 0.1) is 6.67 Å². The van der Waals surface area contributed by atoms with E-state index in [-0.39, 0.29) is 5.91 Å². The van der Waals surface area contributed by atoms with Crippen molar-refractivity contribution < 1.29 is 4.79 Å². The Bertz CT molecular complexity index is 156. The molecule has 1 rings (SSSR count). The highest BCUT2D eigenvalue weighted by molar-refractivity contribution is 5.87. The summed E-state index contributed by atoms with van der Waals surface area (Å²) in [6, 6.07) is 0. The third-order valence-corrected chi connectivity index (χ3v) is 1.65. The van der Waals surface area contributed by atoms with E-state index >= 15 is 0 Å². The predicted octanol–water partition coefficient (Wildman–Crippen LogP) is -0.0961. The molecule has 0 aromatic heterocycles. The molecule has 1 heterocycles. The highest BCUT2D eigenvalue weighted by Gasteiger charge is 2.18. The maximum absolute atomic E-state index is 10.9. The van der Waals surface area contributed by atoms with Crippen LogP contribution < -0.4 is 0 Å². The summed E-state index contributed by atoms with van der Waals surface area (Å²) < 4.78 is 0. The molecular formula is C7H12N2O. The number of rotatable bonds is 1. The number of amides is 1. The zero-order chi connectivity index (χ0) is 7.56. The Balaban J connectivity index is 2.44. The van der Waals surface area contributed by atoms with Crippen molar-refractivity contribution in [3.8, 4) is 0 Å². The molecule has 0 unspecified atom stereocenters. The fourth-order valence-corrected chi connectivity index (χ4v) is 1.03. The van der Waals surface area contributed by atoms with Gasteiger partial charge in [-0.15, -0.1) is 0 Å². The third kappa shape index (κ3) is 1.36. The second kappa shape index (κ2) is 2.84. The van der Waals surface area contributed by atoms with Gasteiger partial charge in [-0.1, -0.05) is 6.58 Å². The molecule has 0 saturated carbocycles. The summed E-state index contributed by atoms with van der Waals surface area (Å²) in [7, 11) is 2.00. The van der Waals surface area contributed by atoms with Crippen molar-refractivity contribution in [1.82, 2.24) is 9.80 Å². The normalized spacial score (nSPS) is 19.5. The standard InChI is InChI=1S/C7H12N2O/c1-3-7(10)9-5-4-8(2)6-9/h3H,1,4-6H2,2H3. The van der Waals surface area contributed by atoms with Gasteiger partial charge in [-0.3, -0.25) is 9.69 Å². The number of likely N-dealkylation sites (N-methyl/N-ethyl adjacent to an activating group) is 1. The van der Waals surface area contributed by atoms with E-state index in [0.29, 0.717) is 0 Å². The van der Waals surface area contributed by atoms with E-state index in [4.69, 9.17) is 0 Å². The second-order valence-corrected chi connectivity index (χ2v) is 2.53. The lowest BCUT2D eigenvalue weighted by Crippen LogP contribution is -2.28. The average Bonchev–Trinajstić information content (AvgIpc) is 2.34. The minimum Gasteiger partial charge on any atom is -0.325 e. The van der Waals surface area contributed by atoms with Gasteiger partial charge in [0.2, 0.25) is 5.91 Å². The maximum Gasteiger partial charge on any atom is 0.247 e. The van der Waals surface area contributed by atoms with Crippen molar-refractivity contribution in [2.45, 2.75) is 0 Å². The van der Waals surface area contributed by atoms with E-state index in [1.165, 1.54) is 6.08 Å². The van der Waals surface area contributed by atoms with Crippen LogP contribution in [0.4, 0.5) is 0 Å². The van der Waals surface area contributed by atoms with E-state index in [0.717, 1.165) is 19.8 Å². The first-order valence-electron chi connectivity index (χ1n) is 3.34. The molecular weight excluding hydrogens is 128 g/mol. The van der Waals surface area contributed by atoms with Crippen LogP contribution >= 0.6 is 0 Å². The summed E-state index contributed by atoms with van der Waals surface area (Å²) in [6.45, 7) is 5.97. The molecule has 0 spiro atoms. The zero-order valence-electron chi connectivity index (χ0n) is 6.21. The molecule has 1 fully saturated rings. The van der Waals surface area contributed by atoms with Crippen molar-refractivity contribution in [3.05, 3.63) is 12.7 Å². The highest BCUT2D eigenvalue weighted by atomic mass is 16.2. The topological polar surface area (TPSA) is 23.6 Å². The van der Waals surface area contributed by atoms with Crippen molar-refractivity contribution in [1.29, 1.82) is 0 Å². The van der Waals surface area contributed by atoms with E-state index < -0.39 is 0 Å². The van der Waals surface area contributed by atoms with Gasteiger partial charge in [0.15, 0.2) is 0 Å². The first-order valence-corrected chi connectivity index (χ1v) is 3.34. The summed E-state index contributed by atoms with van der Waals surface area (Å²) >= 11 is 0. The Morgan fingerprint density at radius 1 is 1.60 bits per heavy atom. The van der Waals surface area contributed by atoms with Crippen molar-refractivity contribution in [2.24, 2.45) is 0 Å². The molecule has 0 radical (unpaired) electrons. The summed E-state index contributed by atoms with van der Waals surface area (Å²) in [5.74, 6) is 0.0318. The van der Waals surface area contributed by atoms with Crippen molar-refractivity contribution in [3.63, 3.8) is 0 Å². The molecule has 0 N–H and O–H groups in total. The molecule has 3 heteroatoms. The molecule has 3 nitrogen and oxygen atoms in total. The summed E-state index contributed by atoms with van der Waals surface area (Å²) in [6.07, 6.45) is 1.36. The Morgan fingerprint density at radius 2 is 2.30 bits per heavy atom. The van der Waals surface area contributed by atoms with Crippen LogP contribution in [0.25, 0.3) is 0 Å². The zero-order valence-corrected chi connectivity index (χ0v) is 6.21. The van der Waals surface area contributed by atoms with Crippen LogP contribution in [0.2, 0.25) is 0 Å². The first kappa shape index (κ1) is 7.28. The van der Waals surface area contributed by atoms with Gasteiger partial charge in [0, 0.05) is 13.1 Å². The molecule has 1 saturated heterocycles. The van der Waals surface area contributed by atoms with Crippen LogP contribution in [0.3, 0.4) is 0 Å². The van der Waals surface area contributed by atoms with Crippen molar-refractivity contribution >= 4 is 5.91 Å². The van der Waals surface area contributed by atoms with Gasteiger partial charge in [0.25, 0.3) is 0 Å². The first-order chi connectivity index (χ1) is 4.74. The number of carbonyl (C=O) groups is 1. The van der Waals surface area contributed by atoms with Crippen LogP contribution in [0, 0.1) is 0 Å². The van der Waals surface area contributed by atoms with Gasteiger partial charge in [-0.2, -0.15) is 0 Å². The molecule has 1 aliphatic rings. The Labute approximate surface area is 60.9 Å². The molecule has 1 aliphatic heterocycles. The lowest BCUT2D eigenvalue weighted by atomic mass is 10.5. The lowest BCUT2D eigenvalue weighted by molar-refractivity contribution is -0.125. The Morgan fingerprint density at radius 3 is 2.70 bits per heavy atom. The second-order valence-electron chi connectivity index (χ2n) is 2.53. The fraction of sp³-hybridized carbons (Fsp3) is 0.571.